The molecule has 3 rings (SSSR count). The molecular weight excluding hydrogens is 438 g/mol. The Bertz CT molecular complexity index is 1090. The first-order chi connectivity index (χ1) is 15.9. The van der Waals surface area contributed by atoms with E-state index in [0.29, 0.717) is 28.0 Å². The average Bonchev–Trinajstić information content (AvgIpc) is 3.07. The highest BCUT2D eigenvalue weighted by molar-refractivity contribution is 7.80. The second kappa shape index (κ2) is 10.7. The van der Waals surface area contributed by atoms with Gasteiger partial charge in [0, 0.05) is 25.7 Å². The Labute approximate surface area is 201 Å². The minimum absolute atomic E-state index is 0.0813. The third-order valence-electron chi connectivity index (χ3n) is 6.16. The molecule has 0 spiro atoms. The van der Waals surface area contributed by atoms with Crippen LogP contribution in [0.4, 0.5) is 5.69 Å². The van der Waals surface area contributed by atoms with E-state index in [2.05, 4.69) is 29.4 Å². The van der Waals surface area contributed by atoms with Crippen molar-refractivity contribution < 1.29 is 14.2 Å². The van der Waals surface area contributed by atoms with Crippen molar-refractivity contribution in [3.05, 3.63) is 45.6 Å². The molecule has 0 radical (unpaired) electrons. The van der Waals surface area contributed by atoms with Gasteiger partial charge in [0.1, 0.15) is 0 Å². The maximum absolute atomic E-state index is 13.0. The second-order valence-electron chi connectivity index (χ2n) is 7.77. The van der Waals surface area contributed by atoms with Crippen molar-refractivity contribution in [3.8, 4) is 28.4 Å². The number of hydrogen-bond acceptors (Lipinski definition) is 6. The Morgan fingerprint density at radius 1 is 1.09 bits per heavy atom. The van der Waals surface area contributed by atoms with Gasteiger partial charge >= 0.3 is 0 Å². The first-order valence-corrected chi connectivity index (χ1v) is 11.6. The Kier molecular flexibility index (Phi) is 8.02. The molecule has 0 fully saturated rings. The van der Waals surface area contributed by atoms with E-state index in [1.165, 1.54) is 0 Å². The molecule has 7 nitrogen and oxygen atoms in total. The van der Waals surface area contributed by atoms with Crippen LogP contribution in [-0.2, 0) is 6.42 Å². The number of ether oxygens (including phenoxy) is 3. The summed E-state index contributed by atoms with van der Waals surface area (Å²) in [4.78, 5) is 15.1. The number of fused-ring (bicyclic) bond motifs is 3. The van der Waals surface area contributed by atoms with E-state index in [-0.39, 0.29) is 11.5 Å². The molecule has 2 aromatic carbocycles. The summed E-state index contributed by atoms with van der Waals surface area (Å²) < 4.78 is 17.1. The molecule has 2 N–H and O–H groups in total. The number of rotatable bonds is 7. The second-order valence-corrected chi connectivity index (χ2v) is 8.15. The minimum atomic E-state index is -0.146. The maximum atomic E-state index is 13.0. The summed E-state index contributed by atoms with van der Waals surface area (Å²) in [6.07, 6.45) is 1.49. The molecule has 178 valence electrons. The first-order valence-electron chi connectivity index (χ1n) is 11.2. The van der Waals surface area contributed by atoms with Crippen molar-refractivity contribution in [2.45, 2.75) is 32.7 Å². The van der Waals surface area contributed by atoms with Gasteiger partial charge in [0.2, 0.25) is 11.2 Å². The van der Waals surface area contributed by atoms with Gasteiger partial charge in [-0.2, -0.15) is 0 Å². The number of benzene rings is 1. The predicted octanol–water partition coefficient (Wildman–Crippen LogP) is 3.98. The summed E-state index contributed by atoms with van der Waals surface area (Å²) >= 11 is 5.71. The number of anilines is 1. The highest BCUT2D eigenvalue weighted by atomic mass is 32.1. The summed E-state index contributed by atoms with van der Waals surface area (Å²) in [6, 6.07) is 7.33. The molecule has 8 heteroatoms. The minimum Gasteiger partial charge on any atom is -0.493 e. The molecular formula is C25H33N3O4S. The highest BCUT2D eigenvalue weighted by Gasteiger charge is 2.29. The van der Waals surface area contributed by atoms with Crippen LogP contribution in [-0.4, -0.2) is 51.5 Å². The maximum Gasteiger partial charge on any atom is 0.203 e. The third kappa shape index (κ3) is 4.71. The lowest BCUT2D eigenvalue weighted by Gasteiger charge is -2.27. The Hall–Kier alpha value is -3.00. The number of nitrogens with zero attached hydrogens (tertiary/aromatic N) is 1. The zero-order valence-corrected chi connectivity index (χ0v) is 21.0. The van der Waals surface area contributed by atoms with Crippen LogP contribution in [0.5, 0.6) is 17.2 Å². The average molecular weight is 472 g/mol. The predicted molar refractivity (Wildman–Crippen MR) is 137 cm³/mol. The number of thiocarbonyl (C=S) groups is 1. The molecule has 2 aromatic rings. The first kappa shape index (κ1) is 24.6. The van der Waals surface area contributed by atoms with Crippen molar-refractivity contribution >= 4 is 23.0 Å². The van der Waals surface area contributed by atoms with E-state index in [1.807, 2.05) is 18.2 Å². The summed E-state index contributed by atoms with van der Waals surface area (Å²) in [5.41, 5.74) is 4.18. The lowest BCUT2D eigenvalue weighted by molar-refractivity contribution is 0.324. The monoisotopic (exact) mass is 471 g/mol. The van der Waals surface area contributed by atoms with Gasteiger partial charge in [-0.05, 0) is 73.8 Å². The molecule has 0 aliphatic heterocycles. The molecule has 0 aromatic heterocycles. The summed E-state index contributed by atoms with van der Waals surface area (Å²) in [5, 5.41) is 7.19. The standard InChI is InChI=1S/C25H33N3O4S/c1-7-28(8-2)25(33)27-18-11-9-15-13-21(30-4)23(31-5)24(32-6)22(15)16-10-12-19(26-3)20(29)14-17(16)18/h10,12-14,18H,7-9,11H2,1-6H3,(H,26,29)(H,27,33)/t18-/m0/s1. The van der Waals surface area contributed by atoms with Gasteiger partial charge in [0.15, 0.2) is 16.6 Å². The van der Waals surface area contributed by atoms with Gasteiger partial charge in [0.05, 0.1) is 33.1 Å². The largest absolute Gasteiger partial charge is 0.493 e. The molecule has 0 heterocycles. The topological polar surface area (TPSA) is 72.1 Å². The quantitative estimate of drug-likeness (QED) is 0.588. The fourth-order valence-electron chi connectivity index (χ4n) is 4.42. The van der Waals surface area contributed by atoms with Crippen molar-refractivity contribution in [3.63, 3.8) is 0 Å². The zero-order valence-electron chi connectivity index (χ0n) is 20.2. The van der Waals surface area contributed by atoms with Crippen molar-refractivity contribution in [1.82, 2.24) is 10.2 Å². The van der Waals surface area contributed by atoms with Gasteiger partial charge in [0.25, 0.3) is 0 Å². The SMILES string of the molecule is CCN(CC)C(=S)N[C@H]1CCc2cc(OC)c(OC)c(OC)c2-c2ccc(NC)c(=O)cc21. The zero-order chi connectivity index (χ0) is 24.1. The molecule has 0 bridgehead atoms. The molecule has 0 saturated carbocycles. The molecule has 0 unspecified atom stereocenters. The summed E-state index contributed by atoms with van der Waals surface area (Å²) in [7, 11) is 6.57. The van der Waals surface area contributed by atoms with E-state index in [4.69, 9.17) is 26.4 Å². The highest BCUT2D eigenvalue weighted by Crippen LogP contribution is 2.50. The van der Waals surface area contributed by atoms with Gasteiger partial charge in [-0.3, -0.25) is 4.79 Å². The molecule has 0 amide bonds. The van der Waals surface area contributed by atoms with Crippen LogP contribution in [0.25, 0.3) is 11.1 Å². The van der Waals surface area contributed by atoms with Crippen LogP contribution >= 0.6 is 12.2 Å². The Morgan fingerprint density at radius 3 is 2.36 bits per heavy atom. The van der Waals surface area contributed by atoms with Crippen LogP contribution < -0.4 is 30.3 Å². The van der Waals surface area contributed by atoms with E-state index in [0.717, 1.165) is 48.2 Å². The summed E-state index contributed by atoms with van der Waals surface area (Å²) in [5.74, 6) is 1.72. The van der Waals surface area contributed by atoms with Crippen LogP contribution in [0, 0.1) is 0 Å². The number of methoxy groups -OCH3 is 3. The lowest BCUT2D eigenvalue weighted by Crippen LogP contribution is -2.41. The fourth-order valence-corrected chi connectivity index (χ4v) is 4.82. The number of aryl methyl sites for hydroxylation is 1. The van der Waals surface area contributed by atoms with Crippen molar-refractivity contribution in [2.24, 2.45) is 0 Å². The fraction of sp³-hybridized carbons (Fsp3) is 0.440. The number of hydrogen-bond donors (Lipinski definition) is 2. The van der Waals surface area contributed by atoms with E-state index in [9.17, 15) is 4.79 Å². The van der Waals surface area contributed by atoms with Crippen LogP contribution in [0.3, 0.4) is 0 Å². The molecule has 33 heavy (non-hydrogen) atoms. The summed E-state index contributed by atoms with van der Waals surface area (Å²) in [6.45, 7) is 5.77. The Balaban J connectivity index is 2.30. The molecule has 1 aliphatic rings. The smallest absolute Gasteiger partial charge is 0.203 e. The third-order valence-corrected chi connectivity index (χ3v) is 6.53. The molecule has 1 atom stereocenters. The van der Waals surface area contributed by atoms with E-state index < -0.39 is 0 Å². The normalized spacial score (nSPS) is 14.3. The molecule has 1 aliphatic carbocycles. The number of nitrogens with one attached hydrogen (secondary N) is 2. The Morgan fingerprint density at radius 2 is 1.79 bits per heavy atom. The molecule has 0 saturated heterocycles. The van der Waals surface area contributed by atoms with Crippen molar-refractivity contribution in [2.75, 3.05) is 46.8 Å². The van der Waals surface area contributed by atoms with E-state index in [1.54, 1.807) is 34.4 Å². The van der Waals surface area contributed by atoms with Gasteiger partial charge in [-0.15, -0.1) is 0 Å². The van der Waals surface area contributed by atoms with Crippen LogP contribution in [0.15, 0.2) is 29.1 Å². The van der Waals surface area contributed by atoms with E-state index >= 15 is 0 Å². The van der Waals surface area contributed by atoms with Gasteiger partial charge in [-0.1, -0.05) is 6.07 Å². The lowest BCUT2D eigenvalue weighted by atomic mass is 9.95. The van der Waals surface area contributed by atoms with Gasteiger partial charge < -0.3 is 29.7 Å². The van der Waals surface area contributed by atoms with Crippen molar-refractivity contribution in [1.29, 1.82) is 0 Å². The van der Waals surface area contributed by atoms with Gasteiger partial charge in [-0.25, -0.2) is 0 Å². The van der Waals surface area contributed by atoms with Crippen LogP contribution in [0.2, 0.25) is 0 Å². The van der Waals surface area contributed by atoms with Crippen LogP contribution in [0.1, 0.15) is 37.4 Å².